The van der Waals surface area contributed by atoms with E-state index in [9.17, 15) is 0 Å². The second-order valence-electron chi connectivity index (χ2n) is 6.85. The number of rotatable bonds is 4. The van der Waals surface area contributed by atoms with Gasteiger partial charge in [0.25, 0.3) is 0 Å². The van der Waals surface area contributed by atoms with Crippen molar-refractivity contribution in [2.75, 3.05) is 20.2 Å². The van der Waals surface area contributed by atoms with E-state index >= 15 is 0 Å². The summed E-state index contributed by atoms with van der Waals surface area (Å²) in [7, 11) is 1.70. The van der Waals surface area contributed by atoms with Crippen LogP contribution in [0.4, 0.5) is 0 Å². The van der Waals surface area contributed by atoms with Crippen LogP contribution in [0.2, 0.25) is 0 Å². The minimum Gasteiger partial charge on any atom is -0.373 e. The molecule has 0 saturated carbocycles. The third kappa shape index (κ3) is 2.88. The molecule has 1 aliphatic rings. The van der Waals surface area contributed by atoms with Crippen molar-refractivity contribution in [3.05, 3.63) is 11.7 Å². The zero-order valence-corrected chi connectivity index (χ0v) is 13.3. The Bertz CT molecular complexity index is 431. The third-order valence-corrected chi connectivity index (χ3v) is 4.30. The minimum absolute atomic E-state index is 0.0142. The van der Waals surface area contributed by atoms with Gasteiger partial charge in [-0.1, -0.05) is 32.9 Å². The van der Waals surface area contributed by atoms with Crippen molar-refractivity contribution in [1.82, 2.24) is 15.5 Å². The lowest BCUT2D eigenvalue weighted by Gasteiger charge is -2.33. The van der Waals surface area contributed by atoms with Gasteiger partial charge in [0.05, 0.1) is 5.41 Å². The summed E-state index contributed by atoms with van der Waals surface area (Å²) in [5, 5.41) is 7.63. The monoisotopic (exact) mass is 281 g/mol. The van der Waals surface area contributed by atoms with Crippen molar-refractivity contribution < 1.29 is 9.26 Å². The fraction of sp³-hybridized carbons (Fsp3) is 0.867. The van der Waals surface area contributed by atoms with Gasteiger partial charge in [-0.25, -0.2) is 0 Å². The maximum absolute atomic E-state index is 5.60. The average molecular weight is 281 g/mol. The van der Waals surface area contributed by atoms with Gasteiger partial charge in [0, 0.05) is 13.7 Å². The molecule has 1 aromatic rings. The molecule has 1 fully saturated rings. The topological polar surface area (TPSA) is 60.2 Å². The molecule has 2 heterocycles. The molecule has 0 aliphatic carbocycles. The molecule has 5 heteroatoms. The second kappa shape index (κ2) is 5.82. The molecule has 114 valence electrons. The van der Waals surface area contributed by atoms with E-state index in [1.807, 2.05) is 0 Å². The van der Waals surface area contributed by atoms with Crippen molar-refractivity contribution in [2.45, 2.75) is 58.5 Å². The number of hydrogen-bond donors (Lipinski definition) is 1. The third-order valence-electron chi connectivity index (χ3n) is 4.30. The molecule has 2 rings (SSSR count). The number of piperidine rings is 1. The molecule has 0 amide bonds. The summed E-state index contributed by atoms with van der Waals surface area (Å²) < 4.78 is 11.2. The first kappa shape index (κ1) is 15.4. The highest BCUT2D eigenvalue weighted by Gasteiger charge is 2.39. The standard InChI is InChI=1S/C15H27N3O2/c1-6-15(8-7-9-16-10-15)13-17-12(18-20-13)11(19-5)14(2,3)4/h11,16H,6-10H2,1-5H3. The second-order valence-corrected chi connectivity index (χ2v) is 6.85. The summed E-state index contributed by atoms with van der Waals surface area (Å²) in [4.78, 5) is 4.67. The van der Waals surface area contributed by atoms with E-state index in [-0.39, 0.29) is 16.9 Å². The molecular formula is C15H27N3O2. The molecule has 0 aromatic carbocycles. The van der Waals surface area contributed by atoms with Crippen molar-refractivity contribution >= 4 is 0 Å². The zero-order chi connectivity index (χ0) is 14.8. The van der Waals surface area contributed by atoms with Crippen LogP contribution in [0.15, 0.2) is 4.52 Å². The van der Waals surface area contributed by atoms with Gasteiger partial charge < -0.3 is 14.6 Å². The smallest absolute Gasteiger partial charge is 0.234 e. The lowest BCUT2D eigenvalue weighted by Crippen LogP contribution is -2.43. The van der Waals surface area contributed by atoms with Gasteiger partial charge in [0.15, 0.2) is 0 Å². The van der Waals surface area contributed by atoms with E-state index in [2.05, 4.69) is 43.2 Å². The summed E-state index contributed by atoms with van der Waals surface area (Å²) in [5.74, 6) is 1.42. The van der Waals surface area contributed by atoms with Crippen molar-refractivity contribution in [1.29, 1.82) is 0 Å². The number of nitrogens with one attached hydrogen (secondary N) is 1. The molecule has 5 nitrogen and oxygen atoms in total. The van der Waals surface area contributed by atoms with Crippen LogP contribution in [0, 0.1) is 5.41 Å². The van der Waals surface area contributed by atoms with E-state index in [1.54, 1.807) is 7.11 Å². The fourth-order valence-corrected chi connectivity index (χ4v) is 3.01. The molecular weight excluding hydrogens is 254 g/mol. The van der Waals surface area contributed by atoms with Crippen LogP contribution in [-0.4, -0.2) is 30.3 Å². The van der Waals surface area contributed by atoms with Crippen LogP contribution in [-0.2, 0) is 10.2 Å². The molecule has 1 aliphatic heterocycles. The quantitative estimate of drug-likeness (QED) is 0.919. The van der Waals surface area contributed by atoms with E-state index in [4.69, 9.17) is 9.26 Å². The number of ether oxygens (including phenoxy) is 1. The molecule has 0 spiro atoms. The Morgan fingerprint density at radius 1 is 1.45 bits per heavy atom. The van der Waals surface area contributed by atoms with Crippen LogP contribution in [0.25, 0.3) is 0 Å². The zero-order valence-electron chi connectivity index (χ0n) is 13.3. The number of hydrogen-bond acceptors (Lipinski definition) is 5. The van der Waals surface area contributed by atoms with Crippen molar-refractivity contribution in [3.63, 3.8) is 0 Å². The Morgan fingerprint density at radius 3 is 2.70 bits per heavy atom. The Kier molecular flexibility index (Phi) is 4.49. The van der Waals surface area contributed by atoms with Gasteiger partial charge in [-0.3, -0.25) is 0 Å². The first-order chi connectivity index (χ1) is 9.43. The predicted octanol–water partition coefficient (Wildman–Crippen LogP) is 2.83. The molecule has 1 N–H and O–H groups in total. The van der Waals surface area contributed by atoms with Crippen molar-refractivity contribution in [2.24, 2.45) is 5.41 Å². The molecule has 0 bridgehead atoms. The Labute approximate surface area is 121 Å². The fourth-order valence-electron chi connectivity index (χ4n) is 3.01. The van der Waals surface area contributed by atoms with Crippen LogP contribution < -0.4 is 5.32 Å². The maximum Gasteiger partial charge on any atom is 0.234 e. The Morgan fingerprint density at radius 2 is 2.20 bits per heavy atom. The maximum atomic E-state index is 5.60. The number of nitrogens with zero attached hydrogens (tertiary/aromatic N) is 2. The van der Waals surface area contributed by atoms with Gasteiger partial charge in [-0.05, 0) is 31.2 Å². The largest absolute Gasteiger partial charge is 0.373 e. The summed E-state index contributed by atoms with van der Waals surface area (Å²) >= 11 is 0. The van der Waals surface area contributed by atoms with Crippen LogP contribution >= 0.6 is 0 Å². The minimum atomic E-state index is -0.148. The highest BCUT2D eigenvalue weighted by Crippen LogP contribution is 2.37. The van der Waals surface area contributed by atoms with E-state index < -0.39 is 0 Å². The van der Waals surface area contributed by atoms with E-state index in [0.717, 1.165) is 38.2 Å². The Hall–Kier alpha value is -0.940. The van der Waals surface area contributed by atoms with Gasteiger partial charge in [0.1, 0.15) is 6.10 Å². The summed E-state index contributed by atoms with van der Waals surface area (Å²) in [5.41, 5.74) is -0.0697. The van der Waals surface area contributed by atoms with E-state index in [1.165, 1.54) is 0 Å². The summed E-state index contributed by atoms with van der Waals surface area (Å²) in [6.45, 7) is 10.5. The highest BCUT2D eigenvalue weighted by molar-refractivity contribution is 5.09. The molecule has 2 unspecified atom stereocenters. The van der Waals surface area contributed by atoms with Gasteiger partial charge in [-0.15, -0.1) is 0 Å². The van der Waals surface area contributed by atoms with Gasteiger partial charge in [0.2, 0.25) is 11.7 Å². The molecule has 20 heavy (non-hydrogen) atoms. The summed E-state index contributed by atoms with van der Waals surface area (Å²) in [6.07, 6.45) is 3.11. The molecule has 1 saturated heterocycles. The normalized spacial score (nSPS) is 25.6. The van der Waals surface area contributed by atoms with Crippen molar-refractivity contribution in [3.8, 4) is 0 Å². The number of methoxy groups -OCH3 is 1. The number of aromatic nitrogens is 2. The highest BCUT2D eigenvalue weighted by atomic mass is 16.5. The lowest BCUT2D eigenvalue weighted by atomic mass is 9.78. The van der Waals surface area contributed by atoms with Crippen LogP contribution in [0.3, 0.4) is 0 Å². The molecule has 0 radical (unpaired) electrons. The lowest BCUT2D eigenvalue weighted by molar-refractivity contribution is 0.00718. The first-order valence-corrected chi connectivity index (χ1v) is 7.50. The SMILES string of the molecule is CCC1(c2nc(C(OC)C(C)(C)C)no2)CCCNC1. The molecule has 1 aromatic heterocycles. The first-order valence-electron chi connectivity index (χ1n) is 7.50. The summed E-state index contributed by atoms with van der Waals surface area (Å²) in [6, 6.07) is 0. The van der Waals surface area contributed by atoms with Gasteiger partial charge >= 0.3 is 0 Å². The average Bonchev–Trinajstić information content (AvgIpc) is 2.88. The van der Waals surface area contributed by atoms with Crippen LogP contribution in [0.1, 0.15) is 64.8 Å². The Balaban J connectivity index is 2.27. The predicted molar refractivity (Wildman–Crippen MR) is 77.6 cm³/mol. The van der Waals surface area contributed by atoms with Crippen LogP contribution in [0.5, 0.6) is 0 Å². The van der Waals surface area contributed by atoms with E-state index in [0.29, 0.717) is 5.82 Å². The van der Waals surface area contributed by atoms with Gasteiger partial charge in [-0.2, -0.15) is 4.98 Å². The molecule has 2 atom stereocenters.